The van der Waals surface area contributed by atoms with Crippen LogP contribution in [0.4, 0.5) is 14.5 Å². The van der Waals surface area contributed by atoms with Crippen molar-refractivity contribution < 1.29 is 17.2 Å². The molecule has 148 valence electrons. The fourth-order valence-electron chi connectivity index (χ4n) is 2.68. The van der Waals surface area contributed by atoms with Gasteiger partial charge in [-0.05, 0) is 49.7 Å². The third-order valence-electron chi connectivity index (χ3n) is 4.14. The predicted octanol–water partition coefficient (Wildman–Crippen LogP) is 4.93. The molecule has 10 heteroatoms. The van der Waals surface area contributed by atoms with E-state index in [0.29, 0.717) is 27.5 Å². The van der Waals surface area contributed by atoms with Gasteiger partial charge in [-0.15, -0.1) is 0 Å². The number of aromatic nitrogens is 2. The average Bonchev–Trinajstić information content (AvgIpc) is 2.86. The molecule has 3 aromatic rings. The molecule has 0 aliphatic rings. The number of aryl methyl sites for hydroxylation is 1. The van der Waals surface area contributed by atoms with Crippen LogP contribution in [0.3, 0.4) is 0 Å². The number of hydrogen-bond donors (Lipinski definition) is 1. The van der Waals surface area contributed by atoms with Crippen LogP contribution in [-0.2, 0) is 16.6 Å². The van der Waals surface area contributed by atoms with E-state index in [9.17, 15) is 17.2 Å². The van der Waals surface area contributed by atoms with E-state index in [1.54, 1.807) is 36.7 Å². The van der Waals surface area contributed by atoms with E-state index in [2.05, 4.69) is 9.82 Å². The van der Waals surface area contributed by atoms with Crippen LogP contribution in [-0.4, -0.2) is 18.2 Å². The molecule has 0 radical (unpaired) electrons. The van der Waals surface area contributed by atoms with Crippen LogP contribution < -0.4 is 4.72 Å². The monoisotopic (exact) mass is 445 g/mol. The highest BCUT2D eigenvalue weighted by Crippen LogP contribution is 2.27. The minimum Gasteiger partial charge on any atom is -0.276 e. The second kappa shape index (κ2) is 7.69. The normalized spacial score (nSPS) is 11.6. The molecule has 0 saturated carbocycles. The summed E-state index contributed by atoms with van der Waals surface area (Å²) in [4.78, 5) is -0.778. The number of benzene rings is 2. The van der Waals surface area contributed by atoms with Gasteiger partial charge in [-0.1, -0.05) is 29.3 Å². The second-order valence-corrected chi connectivity index (χ2v) is 8.61. The molecule has 0 amide bonds. The van der Waals surface area contributed by atoms with Crippen LogP contribution in [0.25, 0.3) is 0 Å². The lowest BCUT2D eigenvalue weighted by molar-refractivity contribution is 0.555. The summed E-state index contributed by atoms with van der Waals surface area (Å²) in [6.45, 7) is 3.54. The quantitative estimate of drug-likeness (QED) is 0.604. The highest BCUT2D eigenvalue weighted by Gasteiger charge is 2.24. The van der Waals surface area contributed by atoms with Crippen molar-refractivity contribution in [2.45, 2.75) is 25.3 Å². The van der Waals surface area contributed by atoms with Crippen molar-refractivity contribution in [3.63, 3.8) is 0 Å². The molecule has 1 N–H and O–H groups in total. The Kier molecular flexibility index (Phi) is 5.65. The van der Waals surface area contributed by atoms with Gasteiger partial charge in [0.05, 0.1) is 23.6 Å². The van der Waals surface area contributed by atoms with Gasteiger partial charge < -0.3 is 0 Å². The van der Waals surface area contributed by atoms with Gasteiger partial charge in [0, 0.05) is 10.0 Å². The Morgan fingerprint density at radius 2 is 1.82 bits per heavy atom. The van der Waals surface area contributed by atoms with Gasteiger partial charge in [0.1, 0.15) is 16.5 Å². The fraction of sp³-hybridized carbons (Fsp3) is 0.167. The summed E-state index contributed by atoms with van der Waals surface area (Å²) in [7, 11) is -4.35. The van der Waals surface area contributed by atoms with Crippen molar-refractivity contribution in [1.29, 1.82) is 0 Å². The maximum atomic E-state index is 13.9. The standard InChI is InChI=1S/C18H15Cl2F2N3O2S/c1-10-18(24-28(26,27)17-8-14(21)5-6-16(17)22)11(2)25(23-10)9-12-3-4-13(19)7-15(12)20/h3-8,24H,9H2,1-2H3. The van der Waals surface area contributed by atoms with Gasteiger partial charge in [-0.2, -0.15) is 5.10 Å². The third kappa shape index (κ3) is 4.14. The average molecular weight is 446 g/mol. The minimum absolute atomic E-state index is 0.189. The second-order valence-electron chi connectivity index (χ2n) is 6.12. The summed E-state index contributed by atoms with van der Waals surface area (Å²) in [5.74, 6) is -1.91. The highest BCUT2D eigenvalue weighted by molar-refractivity contribution is 7.92. The van der Waals surface area contributed by atoms with Gasteiger partial charge in [0.15, 0.2) is 0 Å². The lowest BCUT2D eigenvalue weighted by Gasteiger charge is -2.10. The summed E-state index contributed by atoms with van der Waals surface area (Å²) >= 11 is 12.1. The van der Waals surface area contributed by atoms with Crippen molar-refractivity contribution in [2.24, 2.45) is 0 Å². The number of nitrogens with zero attached hydrogens (tertiary/aromatic N) is 2. The smallest absolute Gasteiger partial charge is 0.265 e. The zero-order valence-electron chi connectivity index (χ0n) is 14.8. The lowest BCUT2D eigenvalue weighted by Crippen LogP contribution is -2.16. The molecule has 1 heterocycles. The number of anilines is 1. The predicted molar refractivity (Wildman–Crippen MR) is 104 cm³/mol. The van der Waals surface area contributed by atoms with E-state index in [0.717, 1.165) is 17.7 Å². The summed E-state index contributed by atoms with van der Waals surface area (Å²) in [6.07, 6.45) is 0. The zero-order valence-corrected chi connectivity index (χ0v) is 17.1. The maximum Gasteiger partial charge on any atom is 0.265 e. The Morgan fingerprint density at radius 1 is 1.11 bits per heavy atom. The third-order valence-corrected chi connectivity index (χ3v) is 6.09. The first-order valence-corrected chi connectivity index (χ1v) is 10.3. The molecule has 3 rings (SSSR count). The molecular formula is C18H15Cl2F2N3O2S. The lowest BCUT2D eigenvalue weighted by atomic mass is 10.2. The maximum absolute atomic E-state index is 13.9. The molecular weight excluding hydrogens is 431 g/mol. The molecule has 5 nitrogen and oxygen atoms in total. The largest absolute Gasteiger partial charge is 0.276 e. The van der Waals surface area contributed by atoms with Crippen LogP contribution in [0.1, 0.15) is 17.0 Å². The van der Waals surface area contributed by atoms with E-state index >= 15 is 0 Å². The molecule has 0 saturated heterocycles. The van der Waals surface area contributed by atoms with E-state index in [-0.39, 0.29) is 12.2 Å². The van der Waals surface area contributed by atoms with Gasteiger partial charge in [-0.3, -0.25) is 9.40 Å². The molecule has 0 unspecified atom stereocenters. The molecule has 0 fully saturated rings. The van der Waals surface area contributed by atoms with Gasteiger partial charge >= 0.3 is 0 Å². The molecule has 0 bridgehead atoms. The van der Waals surface area contributed by atoms with Crippen molar-refractivity contribution in [2.75, 3.05) is 4.72 Å². The molecule has 0 atom stereocenters. The Morgan fingerprint density at radius 3 is 2.50 bits per heavy atom. The summed E-state index contributed by atoms with van der Waals surface area (Å²) in [5.41, 5.74) is 1.79. The van der Waals surface area contributed by atoms with Crippen molar-refractivity contribution in [3.8, 4) is 0 Å². The van der Waals surface area contributed by atoms with Crippen LogP contribution in [0.5, 0.6) is 0 Å². The van der Waals surface area contributed by atoms with Crippen LogP contribution in [0.2, 0.25) is 10.0 Å². The topological polar surface area (TPSA) is 64.0 Å². The van der Waals surface area contributed by atoms with Gasteiger partial charge in [0.2, 0.25) is 0 Å². The summed E-state index contributed by atoms with van der Waals surface area (Å²) in [5, 5.41) is 5.26. The first kappa shape index (κ1) is 20.6. The van der Waals surface area contributed by atoms with Crippen LogP contribution >= 0.6 is 23.2 Å². The van der Waals surface area contributed by atoms with Crippen molar-refractivity contribution in [1.82, 2.24) is 9.78 Å². The molecule has 0 aliphatic heterocycles. The molecule has 1 aromatic heterocycles. The number of nitrogens with one attached hydrogen (secondary N) is 1. The molecule has 0 aliphatic carbocycles. The minimum atomic E-state index is -4.35. The fourth-order valence-corrected chi connectivity index (χ4v) is 4.42. The number of halogens is 4. The van der Waals surface area contributed by atoms with E-state index in [1.807, 2.05) is 0 Å². The van der Waals surface area contributed by atoms with Crippen molar-refractivity contribution in [3.05, 3.63) is 75.0 Å². The summed E-state index contributed by atoms with van der Waals surface area (Å²) in [6, 6.07) is 7.26. The SMILES string of the molecule is Cc1nn(Cc2ccc(Cl)cc2Cl)c(C)c1NS(=O)(=O)c1cc(F)ccc1F. The Bertz CT molecular complexity index is 1160. The Balaban J connectivity index is 1.95. The Hall–Kier alpha value is -2.16. The molecule has 0 spiro atoms. The summed E-state index contributed by atoms with van der Waals surface area (Å²) < 4.78 is 56.2. The van der Waals surface area contributed by atoms with E-state index in [1.165, 1.54) is 0 Å². The first-order chi connectivity index (χ1) is 13.1. The van der Waals surface area contributed by atoms with E-state index < -0.39 is 26.6 Å². The van der Waals surface area contributed by atoms with Crippen LogP contribution in [0.15, 0.2) is 41.3 Å². The zero-order chi connectivity index (χ0) is 20.6. The number of hydrogen-bond acceptors (Lipinski definition) is 3. The number of sulfonamides is 1. The van der Waals surface area contributed by atoms with Gasteiger partial charge in [0.25, 0.3) is 10.0 Å². The van der Waals surface area contributed by atoms with Crippen LogP contribution in [0, 0.1) is 25.5 Å². The van der Waals surface area contributed by atoms with Gasteiger partial charge in [-0.25, -0.2) is 17.2 Å². The highest BCUT2D eigenvalue weighted by atomic mass is 35.5. The van der Waals surface area contributed by atoms with E-state index in [4.69, 9.17) is 23.2 Å². The number of rotatable bonds is 5. The van der Waals surface area contributed by atoms with Crippen molar-refractivity contribution >= 4 is 38.9 Å². The Labute approximate surface area is 170 Å². The molecule has 2 aromatic carbocycles. The first-order valence-electron chi connectivity index (χ1n) is 8.04. The molecule has 28 heavy (non-hydrogen) atoms.